The third-order valence-electron chi connectivity index (χ3n) is 4.64. The van der Waals surface area contributed by atoms with E-state index in [2.05, 4.69) is 35.1 Å². The minimum atomic E-state index is -3.43. The maximum absolute atomic E-state index is 12.5. The van der Waals surface area contributed by atoms with Crippen LogP contribution < -0.4 is 5.32 Å². The molecule has 0 atom stereocenters. The van der Waals surface area contributed by atoms with Crippen molar-refractivity contribution >= 4 is 37.5 Å². The highest BCUT2D eigenvalue weighted by atomic mass is 79.9. The fourth-order valence-electron chi connectivity index (χ4n) is 2.94. The summed E-state index contributed by atoms with van der Waals surface area (Å²) in [7, 11) is -0.425. The Morgan fingerprint density at radius 1 is 1.04 bits per heavy atom. The van der Waals surface area contributed by atoms with Crippen LogP contribution in [0.1, 0.15) is 37.0 Å². The second kappa shape index (κ2) is 9.67. The van der Waals surface area contributed by atoms with Gasteiger partial charge in [0.15, 0.2) is 0 Å². The molecule has 152 valence electrons. The molecule has 1 amide bonds. The molecule has 0 aliphatic carbocycles. The number of nitrogens with zero attached hydrogens (tertiary/aromatic N) is 1. The summed E-state index contributed by atoms with van der Waals surface area (Å²) in [6.45, 7) is 4.14. The number of hydrogen-bond donors (Lipinski definition) is 1. The summed E-state index contributed by atoms with van der Waals surface area (Å²) in [5, 5.41) is 3.07. The van der Waals surface area contributed by atoms with Crippen molar-refractivity contribution in [2.24, 2.45) is 0 Å². The lowest BCUT2D eigenvalue weighted by Crippen LogP contribution is -2.22. The van der Waals surface area contributed by atoms with Gasteiger partial charge in [-0.1, -0.05) is 41.9 Å². The highest BCUT2D eigenvalue weighted by Gasteiger charge is 2.17. The first-order chi connectivity index (χ1) is 13.2. The number of aryl methyl sites for hydroxylation is 3. The van der Waals surface area contributed by atoms with Crippen molar-refractivity contribution in [3.8, 4) is 0 Å². The maximum Gasteiger partial charge on any atom is 0.242 e. The van der Waals surface area contributed by atoms with E-state index < -0.39 is 10.0 Å². The van der Waals surface area contributed by atoms with Crippen molar-refractivity contribution in [3.05, 3.63) is 57.6 Å². The minimum absolute atomic E-state index is 0.0447. The molecule has 0 aliphatic heterocycles. The summed E-state index contributed by atoms with van der Waals surface area (Å²) in [5.41, 5.74) is 4.05. The predicted octanol–water partition coefficient (Wildman–Crippen LogP) is 4.40. The Balaban J connectivity index is 2.06. The summed E-state index contributed by atoms with van der Waals surface area (Å²) >= 11 is 3.53. The molecule has 2 aromatic rings. The van der Waals surface area contributed by atoms with Gasteiger partial charge in [-0.3, -0.25) is 4.79 Å². The molecule has 7 heteroatoms. The fraction of sp³-hybridized carbons (Fsp3) is 0.381. The molecule has 1 N–H and O–H groups in total. The number of carbonyl (C=O) groups is 1. The van der Waals surface area contributed by atoms with Crippen LogP contribution in [-0.2, 0) is 34.1 Å². The molecule has 2 rings (SSSR count). The Bertz CT molecular complexity index is 914. The van der Waals surface area contributed by atoms with Crippen LogP contribution >= 0.6 is 15.9 Å². The smallest absolute Gasteiger partial charge is 0.242 e. The van der Waals surface area contributed by atoms with Gasteiger partial charge in [0, 0.05) is 30.7 Å². The number of halogens is 1. The zero-order chi connectivity index (χ0) is 20.9. The number of sulfonamides is 1. The summed E-state index contributed by atoms with van der Waals surface area (Å²) in [6, 6.07) is 10.8. The number of carbonyl (C=O) groups excluding carboxylic acids is 1. The van der Waals surface area contributed by atoms with Gasteiger partial charge in [-0.05, 0) is 60.2 Å². The van der Waals surface area contributed by atoms with Crippen LogP contribution in [0.25, 0.3) is 0 Å². The lowest BCUT2D eigenvalue weighted by Gasteiger charge is -2.15. The van der Waals surface area contributed by atoms with Gasteiger partial charge in [0.1, 0.15) is 0 Å². The van der Waals surface area contributed by atoms with Gasteiger partial charge in [0.05, 0.1) is 4.90 Å². The SMILES string of the molecule is CCc1cc(Br)cc(CC)c1NC(=O)CCc1ccc(S(=O)(=O)N(C)C)cc1. The molecule has 5 nitrogen and oxygen atoms in total. The van der Waals surface area contributed by atoms with Crippen LogP contribution in [0.15, 0.2) is 45.8 Å². The van der Waals surface area contributed by atoms with Crippen molar-refractivity contribution in [2.45, 2.75) is 44.4 Å². The Kier molecular flexibility index (Phi) is 7.80. The van der Waals surface area contributed by atoms with Crippen LogP contribution in [-0.4, -0.2) is 32.7 Å². The molecule has 0 fully saturated rings. The number of amides is 1. The number of anilines is 1. The van der Waals surface area contributed by atoms with Crippen molar-refractivity contribution in [3.63, 3.8) is 0 Å². The third-order valence-corrected chi connectivity index (χ3v) is 6.92. The molecular weight excluding hydrogens is 440 g/mol. The van der Waals surface area contributed by atoms with Crippen molar-refractivity contribution in [1.82, 2.24) is 4.31 Å². The van der Waals surface area contributed by atoms with Crippen molar-refractivity contribution < 1.29 is 13.2 Å². The number of benzene rings is 2. The van der Waals surface area contributed by atoms with Crippen molar-refractivity contribution in [2.75, 3.05) is 19.4 Å². The number of rotatable bonds is 8. The zero-order valence-electron chi connectivity index (χ0n) is 16.8. The van der Waals surface area contributed by atoms with E-state index >= 15 is 0 Å². The highest BCUT2D eigenvalue weighted by molar-refractivity contribution is 9.10. The van der Waals surface area contributed by atoms with E-state index in [1.165, 1.54) is 18.4 Å². The van der Waals surface area contributed by atoms with Crippen molar-refractivity contribution in [1.29, 1.82) is 0 Å². The lowest BCUT2D eigenvalue weighted by atomic mass is 10.0. The molecule has 2 aromatic carbocycles. The highest BCUT2D eigenvalue weighted by Crippen LogP contribution is 2.28. The van der Waals surface area contributed by atoms with Crippen LogP contribution in [0.5, 0.6) is 0 Å². The summed E-state index contributed by atoms with van der Waals surface area (Å²) < 4.78 is 26.4. The molecular formula is C21H27BrN2O3S. The molecule has 0 radical (unpaired) electrons. The average molecular weight is 467 g/mol. The molecule has 0 bridgehead atoms. The summed E-state index contributed by atoms with van der Waals surface area (Å²) in [4.78, 5) is 12.7. The monoisotopic (exact) mass is 466 g/mol. The molecule has 0 unspecified atom stereocenters. The van der Waals surface area contributed by atoms with Crippen LogP contribution in [0.3, 0.4) is 0 Å². The van der Waals surface area contributed by atoms with Gasteiger partial charge in [0.25, 0.3) is 0 Å². The lowest BCUT2D eigenvalue weighted by molar-refractivity contribution is -0.116. The first kappa shape index (κ1) is 22.6. The molecule has 28 heavy (non-hydrogen) atoms. The van der Waals surface area contributed by atoms with Gasteiger partial charge in [-0.15, -0.1) is 0 Å². The largest absolute Gasteiger partial charge is 0.326 e. The molecule has 0 heterocycles. The number of nitrogens with one attached hydrogen (secondary N) is 1. The molecule has 0 spiro atoms. The fourth-order valence-corrected chi connectivity index (χ4v) is 4.40. The van der Waals surface area contributed by atoms with Crippen LogP contribution in [0.2, 0.25) is 0 Å². The van der Waals surface area contributed by atoms with Crippen LogP contribution in [0, 0.1) is 0 Å². The summed E-state index contributed by atoms with van der Waals surface area (Å²) in [5.74, 6) is -0.0447. The van der Waals surface area contributed by atoms with E-state index in [1.54, 1.807) is 24.3 Å². The Labute approximate surface area is 176 Å². The zero-order valence-corrected chi connectivity index (χ0v) is 19.2. The Morgan fingerprint density at radius 3 is 2.04 bits per heavy atom. The maximum atomic E-state index is 12.5. The minimum Gasteiger partial charge on any atom is -0.326 e. The Hall–Kier alpha value is -1.70. The number of hydrogen-bond acceptors (Lipinski definition) is 3. The molecule has 0 saturated heterocycles. The van der Waals surface area contributed by atoms with E-state index in [1.807, 2.05) is 12.1 Å². The van der Waals surface area contributed by atoms with Crippen LogP contribution in [0.4, 0.5) is 5.69 Å². The van der Waals surface area contributed by atoms with E-state index in [0.717, 1.165) is 39.7 Å². The standard InChI is InChI=1S/C21H27BrN2O3S/c1-5-16-13-18(22)14-17(6-2)21(16)23-20(25)12-9-15-7-10-19(11-8-15)28(26,27)24(3)4/h7-8,10-11,13-14H,5-6,9,12H2,1-4H3,(H,23,25). The third kappa shape index (κ3) is 5.43. The van der Waals surface area contributed by atoms with E-state index in [4.69, 9.17) is 0 Å². The second-order valence-electron chi connectivity index (χ2n) is 6.79. The Morgan fingerprint density at radius 2 is 1.57 bits per heavy atom. The van der Waals surface area contributed by atoms with Gasteiger partial charge >= 0.3 is 0 Å². The first-order valence-corrected chi connectivity index (χ1v) is 11.5. The van der Waals surface area contributed by atoms with Gasteiger partial charge in [0.2, 0.25) is 15.9 Å². The average Bonchev–Trinajstić information content (AvgIpc) is 2.67. The molecule has 0 aromatic heterocycles. The van der Waals surface area contributed by atoms with Gasteiger partial charge < -0.3 is 5.32 Å². The topological polar surface area (TPSA) is 66.5 Å². The van der Waals surface area contributed by atoms with Gasteiger partial charge in [-0.2, -0.15) is 0 Å². The van der Waals surface area contributed by atoms with E-state index in [0.29, 0.717) is 12.8 Å². The molecule has 0 aliphatic rings. The first-order valence-electron chi connectivity index (χ1n) is 9.31. The normalized spacial score (nSPS) is 11.6. The van der Waals surface area contributed by atoms with Gasteiger partial charge in [-0.25, -0.2) is 12.7 Å². The van der Waals surface area contributed by atoms with E-state index in [-0.39, 0.29) is 10.8 Å². The van der Waals surface area contributed by atoms with E-state index in [9.17, 15) is 13.2 Å². The molecule has 0 saturated carbocycles. The summed E-state index contributed by atoms with van der Waals surface area (Å²) in [6.07, 6.45) is 2.56. The predicted molar refractivity (Wildman–Crippen MR) is 117 cm³/mol. The second-order valence-corrected chi connectivity index (χ2v) is 9.85. The quantitative estimate of drug-likeness (QED) is 0.626.